The molecule has 0 spiro atoms. The lowest BCUT2D eigenvalue weighted by molar-refractivity contribution is -0.137. The van der Waals surface area contributed by atoms with Crippen LogP contribution in [0.5, 0.6) is 11.5 Å². The van der Waals surface area contributed by atoms with Gasteiger partial charge in [-0.2, -0.15) is 13.2 Å². The van der Waals surface area contributed by atoms with E-state index in [4.69, 9.17) is 9.47 Å². The number of ether oxygens (including phenoxy) is 2. The molecule has 0 aliphatic carbocycles. The molecule has 1 N–H and O–H groups in total. The molecule has 2 heterocycles. The van der Waals surface area contributed by atoms with Crippen LogP contribution < -0.4 is 14.8 Å². The van der Waals surface area contributed by atoms with Gasteiger partial charge in [0.25, 0.3) is 5.91 Å². The first-order valence-corrected chi connectivity index (χ1v) is 7.90. The quantitative estimate of drug-likeness (QED) is 0.735. The van der Waals surface area contributed by atoms with Crippen LogP contribution >= 0.6 is 11.3 Å². The number of hydrogen-bond donors (Lipinski definition) is 1. The van der Waals surface area contributed by atoms with Gasteiger partial charge in [-0.25, -0.2) is 4.98 Å². The van der Waals surface area contributed by atoms with Gasteiger partial charge in [0.05, 0.1) is 10.2 Å². The molecule has 25 heavy (non-hydrogen) atoms. The monoisotopic (exact) mass is 366 g/mol. The number of carbonyl (C=O) groups excluding carboxylic acids is 1. The van der Waals surface area contributed by atoms with Crippen LogP contribution in [0.1, 0.15) is 15.4 Å². The first-order chi connectivity index (χ1) is 11.9. The minimum atomic E-state index is -4.50. The van der Waals surface area contributed by atoms with Crippen LogP contribution in [0, 0.1) is 0 Å². The van der Waals surface area contributed by atoms with E-state index >= 15 is 0 Å². The molecule has 0 saturated carbocycles. The standard InChI is InChI=1S/C16H9F3N2O3S/c17-16(18,19)15-21-10-3-1-8(5-13(10)25-15)14(22)20-9-2-4-11-12(6-9)24-7-23-11/h1-6H,7H2,(H,20,22). The van der Waals surface area contributed by atoms with Crippen molar-refractivity contribution in [3.05, 3.63) is 47.0 Å². The van der Waals surface area contributed by atoms with E-state index in [1.54, 1.807) is 18.2 Å². The van der Waals surface area contributed by atoms with Gasteiger partial charge in [0.15, 0.2) is 16.5 Å². The van der Waals surface area contributed by atoms with E-state index in [0.29, 0.717) is 33.2 Å². The summed E-state index contributed by atoms with van der Waals surface area (Å²) in [6.45, 7) is 0.121. The van der Waals surface area contributed by atoms with Crippen molar-refractivity contribution in [1.82, 2.24) is 4.98 Å². The average molecular weight is 366 g/mol. The molecule has 0 bridgehead atoms. The lowest BCUT2D eigenvalue weighted by Crippen LogP contribution is -2.11. The van der Waals surface area contributed by atoms with Crippen LogP contribution in [-0.4, -0.2) is 17.7 Å². The smallest absolute Gasteiger partial charge is 0.443 e. The van der Waals surface area contributed by atoms with Crippen molar-refractivity contribution >= 4 is 33.1 Å². The number of nitrogens with one attached hydrogen (secondary N) is 1. The Hall–Kier alpha value is -2.81. The molecule has 1 amide bonds. The van der Waals surface area contributed by atoms with Gasteiger partial charge in [-0.05, 0) is 30.3 Å². The van der Waals surface area contributed by atoms with Crippen molar-refractivity contribution in [2.24, 2.45) is 0 Å². The number of halogens is 3. The van der Waals surface area contributed by atoms with Gasteiger partial charge in [-0.1, -0.05) is 0 Å². The molecular weight excluding hydrogens is 357 g/mol. The minimum Gasteiger partial charge on any atom is -0.454 e. The third-order valence-corrected chi connectivity index (χ3v) is 4.59. The number of aromatic nitrogens is 1. The molecule has 128 valence electrons. The van der Waals surface area contributed by atoms with Gasteiger partial charge in [0.1, 0.15) is 0 Å². The Morgan fingerprint density at radius 1 is 1.12 bits per heavy atom. The summed E-state index contributed by atoms with van der Waals surface area (Å²) >= 11 is 0.506. The summed E-state index contributed by atoms with van der Waals surface area (Å²) in [5, 5.41) is 1.74. The summed E-state index contributed by atoms with van der Waals surface area (Å²) in [4.78, 5) is 15.9. The normalized spacial score (nSPS) is 13.2. The third-order valence-electron chi connectivity index (χ3n) is 3.52. The number of fused-ring (bicyclic) bond motifs is 2. The molecule has 3 aromatic rings. The maximum absolute atomic E-state index is 12.7. The first-order valence-electron chi connectivity index (χ1n) is 7.09. The van der Waals surface area contributed by atoms with Crippen LogP contribution in [0.2, 0.25) is 0 Å². The summed E-state index contributed by atoms with van der Waals surface area (Å²) in [6.07, 6.45) is -4.50. The third kappa shape index (κ3) is 2.98. The van der Waals surface area contributed by atoms with Crippen molar-refractivity contribution in [2.75, 3.05) is 12.1 Å². The average Bonchev–Trinajstić information content (AvgIpc) is 3.19. The number of carbonyl (C=O) groups is 1. The van der Waals surface area contributed by atoms with Gasteiger partial charge in [-0.15, -0.1) is 11.3 Å². The van der Waals surface area contributed by atoms with Gasteiger partial charge in [-0.3, -0.25) is 4.79 Å². The number of benzene rings is 2. The van der Waals surface area contributed by atoms with E-state index in [9.17, 15) is 18.0 Å². The largest absolute Gasteiger partial charge is 0.454 e. The summed E-state index contributed by atoms with van der Waals surface area (Å²) in [6, 6.07) is 9.16. The highest BCUT2D eigenvalue weighted by Crippen LogP contribution is 2.36. The molecule has 4 rings (SSSR count). The predicted octanol–water partition coefficient (Wildman–Crippen LogP) is 4.30. The van der Waals surface area contributed by atoms with Crippen molar-refractivity contribution in [2.45, 2.75) is 6.18 Å². The minimum absolute atomic E-state index is 0.121. The summed E-state index contributed by atoms with van der Waals surface area (Å²) in [7, 11) is 0. The molecule has 9 heteroatoms. The Bertz CT molecular complexity index is 984. The van der Waals surface area contributed by atoms with Gasteiger partial charge < -0.3 is 14.8 Å². The van der Waals surface area contributed by atoms with Crippen LogP contribution in [0.4, 0.5) is 18.9 Å². The molecule has 0 saturated heterocycles. The number of rotatable bonds is 2. The van der Waals surface area contributed by atoms with E-state index < -0.39 is 17.1 Å². The molecule has 2 aromatic carbocycles. The van der Waals surface area contributed by atoms with Crippen molar-refractivity contribution in [3.8, 4) is 11.5 Å². The molecule has 0 unspecified atom stereocenters. The van der Waals surface area contributed by atoms with E-state index in [2.05, 4.69) is 10.3 Å². The zero-order valence-electron chi connectivity index (χ0n) is 12.4. The van der Waals surface area contributed by atoms with E-state index in [1.165, 1.54) is 18.2 Å². The number of alkyl halides is 3. The number of anilines is 1. The van der Waals surface area contributed by atoms with E-state index in [-0.39, 0.29) is 17.9 Å². The maximum atomic E-state index is 12.7. The second-order valence-corrected chi connectivity index (χ2v) is 6.25. The Balaban J connectivity index is 1.59. The Morgan fingerprint density at radius 2 is 1.92 bits per heavy atom. The van der Waals surface area contributed by atoms with Crippen LogP contribution in [0.15, 0.2) is 36.4 Å². The van der Waals surface area contributed by atoms with E-state index in [0.717, 1.165) is 0 Å². The van der Waals surface area contributed by atoms with Gasteiger partial charge in [0.2, 0.25) is 6.79 Å². The van der Waals surface area contributed by atoms with Crippen LogP contribution in [0.3, 0.4) is 0 Å². The second-order valence-electron chi connectivity index (χ2n) is 5.22. The predicted molar refractivity (Wildman–Crippen MR) is 85.1 cm³/mol. The highest BCUT2D eigenvalue weighted by molar-refractivity contribution is 7.18. The Kier molecular flexibility index (Phi) is 3.53. The van der Waals surface area contributed by atoms with E-state index in [1.807, 2.05) is 0 Å². The number of nitrogens with zero attached hydrogens (tertiary/aromatic N) is 1. The maximum Gasteiger partial charge on any atom is 0.443 e. The number of amides is 1. The topological polar surface area (TPSA) is 60.5 Å². The first kappa shape index (κ1) is 15.7. The van der Waals surface area contributed by atoms with Crippen molar-refractivity contribution in [1.29, 1.82) is 0 Å². The molecule has 0 radical (unpaired) electrons. The van der Waals surface area contributed by atoms with Gasteiger partial charge in [0, 0.05) is 17.3 Å². The zero-order chi connectivity index (χ0) is 17.6. The van der Waals surface area contributed by atoms with Gasteiger partial charge >= 0.3 is 6.18 Å². The lowest BCUT2D eigenvalue weighted by Gasteiger charge is -2.06. The molecule has 0 fully saturated rings. The SMILES string of the molecule is O=C(Nc1ccc2c(c1)OCO2)c1ccc2nc(C(F)(F)F)sc2c1. The fourth-order valence-corrected chi connectivity index (χ4v) is 3.24. The van der Waals surface area contributed by atoms with Crippen molar-refractivity contribution in [3.63, 3.8) is 0 Å². The number of hydrogen-bond acceptors (Lipinski definition) is 5. The second kappa shape index (κ2) is 5.62. The van der Waals surface area contributed by atoms with Crippen LogP contribution in [0.25, 0.3) is 10.2 Å². The molecule has 5 nitrogen and oxygen atoms in total. The molecular formula is C16H9F3N2O3S. The van der Waals surface area contributed by atoms with Crippen molar-refractivity contribution < 1.29 is 27.4 Å². The molecule has 0 atom stereocenters. The highest BCUT2D eigenvalue weighted by atomic mass is 32.1. The summed E-state index contributed by atoms with van der Waals surface area (Å²) < 4.78 is 48.9. The lowest BCUT2D eigenvalue weighted by atomic mass is 10.2. The Labute approximate surface area is 143 Å². The zero-order valence-corrected chi connectivity index (χ0v) is 13.2. The summed E-state index contributed by atoms with van der Waals surface area (Å²) in [5.41, 5.74) is 0.939. The molecule has 1 aromatic heterocycles. The Morgan fingerprint density at radius 3 is 2.72 bits per heavy atom. The fraction of sp³-hybridized carbons (Fsp3) is 0.125. The van der Waals surface area contributed by atoms with Crippen LogP contribution in [-0.2, 0) is 6.18 Å². The fourth-order valence-electron chi connectivity index (χ4n) is 2.36. The highest BCUT2D eigenvalue weighted by Gasteiger charge is 2.35. The molecule has 1 aliphatic rings. The molecule has 1 aliphatic heterocycles. The number of thiazole rings is 1. The summed E-state index contributed by atoms with van der Waals surface area (Å²) in [5.74, 6) is 0.664.